The number of carbonyl (C=O) groups excluding carboxylic acids is 3. The summed E-state index contributed by atoms with van der Waals surface area (Å²) in [5, 5.41) is 3.32. The van der Waals surface area contributed by atoms with Gasteiger partial charge in [-0.3, -0.25) is 9.59 Å². The van der Waals surface area contributed by atoms with Crippen molar-refractivity contribution >= 4 is 17.7 Å². The van der Waals surface area contributed by atoms with E-state index in [-0.39, 0.29) is 48.0 Å². The Kier molecular flexibility index (Phi) is 5.24. The third kappa shape index (κ3) is 3.06. The fourth-order valence-electron chi connectivity index (χ4n) is 5.40. The van der Waals surface area contributed by atoms with Crippen molar-refractivity contribution in [2.45, 2.75) is 43.9 Å². The summed E-state index contributed by atoms with van der Waals surface area (Å²) in [6.07, 6.45) is -0.0767. The topological polar surface area (TPSA) is 149 Å². The SMILES string of the molecule is COC12C(COC(N)=O)C3=C(C(=O)C(C)=C(OCCC4OCCCO4)C3=O)N1CC1NC12. The molecule has 1 aliphatic carbocycles. The summed E-state index contributed by atoms with van der Waals surface area (Å²) < 4.78 is 27.8. The molecule has 174 valence electrons. The molecule has 0 aromatic rings. The molecular formula is C21H27N3O8. The van der Waals surface area contributed by atoms with Crippen molar-refractivity contribution in [3.63, 3.8) is 0 Å². The van der Waals surface area contributed by atoms with Crippen LogP contribution in [0.1, 0.15) is 19.8 Å². The Balaban J connectivity index is 1.41. The number of rotatable bonds is 7. The third-order valence-corrected chi connectivity index (χ3v) is 6.87. The number of Topliss-reactive ketones (excluding diaryl/α,β-unsaturated/α-hetero) is 2. The maximum atomic E-state index is 13.6. The molecule has 0 spiro atoms. The Morgan fingerprint density at radius 3 is 2.72 bits per heavy atom. The fraction of sp³-hybridized carbons (Fsp3) is 0.667. The summed E-state index contributed by atoms with van der Waals surface area (Å²) in [5.74, 6) is -1.37. The van der Waals surface area contributed by atoms with E-state index in [1.54, 1.807) is 6.92 Å². The van der Waals surface area contributed by atoms with Crippen LogP contribution in [0.4, 0.5) is 4.79 Å². The number of piperazine rings is 1. The average Bonchev–Trinajstić information content (AvgIpc) is 3.40. The van der Waals surface area contributed by atoms with Gasteiger partial charge >= 0.3 is 6.09 Å². The second-order valence-electron chi connectivity index (χ2n) is 8.54. The van der Waals surface area contributed by atoms with E-state index in [2.05, 4.69) is 5.32 Å². The van der Waals surface area contributed by atoms with E-state index in [1.165, 1.54) is 7.11 Å². The number of nitrogens with two attached hydrogens (primary N) is 1. The van der Waals surface area contributed by atoms with Gasteiger partial charge in [-0.15, -0.1) is 0 Å². The van der Waals surface area contributed by atoms with Crippen LogP contribution in [-0.2, 0) is 33.3 Å². The van der Waals surface area contributed by atoms with Crippen molar-refractivity contribution in [1.82, 2.24) is 10.2 Å². The lowest BCUT2D eigenvalue weighted by atomic mass is 9.83. The van der Waals surface area contributed by atoms with Crippen LogP contribution in [0.5, 0.6) is 0 Å². The minimum absolute atomic E-state index is 0.00127. The summed E-state index contributed by atoms with van der Waals surface area (Å²) in [6, 6.07) is 0.0471. The van der Waals surface area contributed by atoms with E-state index < -0.39 is 29.8 Å². The highest BCUT2D eigenvalue weighted by Crippen LogP contribution is 2.55. The predicted molar refractivity (Wildman–Crippen MR) is 107 cm³/mol. The van der Waals surface area contributed by atoms with Crippen LogP contribution in [0, 0.1) is 5.92 Å². The van der Waals surface area contributed by atoms with Crippen LogP contribution >= 0.6 is 0 Å². The highest BCUT2D eigenvalue weighted by Gasteiger charge is 2.72. The standard InChI is InChI=1S/C21H27N3O8/c1-10-16(25)15-14(17(26)18(10)31-7-4-13-29-5-3-6-30-13)11(9-32-20(22)27)21(28-2)19-12(23-19)8-24(15)21/h11-13,19,23H,3-9H2,1-2H3,(H2,22,27). The van der Waals surface area contributed by atoms with E-state index in [9.17, 15) is 14.4 Å². The number of ether oxygens (including phenoxy) is 5. The molecule has 0 radical (unpaired) electrons. The first-order valence-corrected chi connectivity index (χ1v) is 10.8. The molecule has 1 amide bonds. The molecular weight excluding hydrogens is 422 g/mol. The molecule has 5 rings (SSSR count). The minimum Gasteiger partial charge on any atom is -0.489 e. The zero-order valence-corrected chi connectivity index (χ0v) is 18.0. The van der Waals surface area contributed by atoms with Crippen LogP contribution in [-0.4, -0.2) is 86.7 Å². The van der Waals surface area contributed by atoms with Gasteiger partial charge in [0.25, 0.3) is 0 Å². The van der Waals surface area contributed by atoms with Crippen molar-refractivity contribution in [2.24, 2.45) is 11.7 Å². The molecule has 3 N–H and O–H groups in total. The number of nitrogens with one attached hydrogen (secondary N) is 1. The molecule has 0 aromatic heterocycles. The number of hydrogen-bond acceptors (Lipinski definition) is 10. The summed E-state index contributed by atoms with van der Waals surface area (Å²) in [6.45, 7) is 3.32. The van der Waals surface area contributed by atoms with Gasteiger partial charge in [0.05, 0.1) is 37.5 Å². The number of primary amides is 1. The first-order valence-electron chi connectivity index (χ1n) is 10.8. The summed E-state index contributed by atoms with van der Waals surface area (Å²) in [7, 11) is 1.53. The second kappa shape index (κ2) is 7.84. The molecule has 0 aromatic carbocycles. The van der Waals surface area contributed by atoms with Crippen LogP contribution in [0.15, 0.2) is 22.6 Å². The van der Waals surface area contributed by atoms with Crippen molar-refractivity contribution < 1.29 is 38.1 Å². The highest BCUT2D eigenvalue weighted by molar-refractivity contribution is 6.25. The number of ketones is 2. The number of hydrogen-bond donors (Lipinski definition) is 2. The average molecular weight is 449 g/mol. The maximum absolute atomic E-state index is 13.6. The number of fused-ring (bicyclic) bond motifs is 4. The normalized spacial score (nSPS) is 33.9. The summed E-state index contributed by atoms with van der Waals surface area (Å²) in [4.78, 5) is 40.2. The molecule has 3 saturated heterocycles. The molecule has 0 bridgehead atoms. The number of nitrogens with zero attached hydrogens (tertiary/aromatic N) is 1. The van der Waals surface area contributed by atoms with E-state index in [0.717, 1.165) is 6.42 Å². The van der Waals surface area contributed by atoms with E-state index in [4.69, 9.17) is 29.4 Å². The van der Waals surface area contributed by atoms with Gasteiger partial charge < -0.3 is 39.6 Å². The fourth-order valence-corrected chi connectivity index (χ4v) is 5.40. The number of carbonyl (C=O) groups is 3. The molecule has 4 aliphatic heterocycles. The lowest BCUT2D eigenvalue weighted by Crippen LogP contribution is -2.55. The lowest BCUT2D eigenvalue weighted by Gasteiger charge is -2.39. The molecule has 4 unspecified atom stereocenters. The van der Waals surface area contributed by atoms with Crippen LogP contribution in [0.2, 0.25) is 0 Å². The van der Waals surface area contributed by atoms with Gasteiger partial charge in [0, 0.05) is 37.3 Å². The monoisotopic (exact) mass is 449 g/mol. The van der Waals surface area contributed by atoms with E-state index >= 15 is 0 Å². The van der Waals surface area contributed by atoms with Crippen LogP contribution < -0.4 is 11.1 Å². The van der Waals surface area contributed by atoms with Crippen molar-refractivity contribution in [2.75, 3.05) is 40.1 Å². The zero-order chi connectivity index (χ0) is 22.6. The smallest absolute Gasteiger partial charge is 0.404 e. The maximum Gasteiger partial charge on any atom is 0.404 e. The Labute approximate surface area is 184 Å². The Hall–Kier alpha value is -2.47. The van der Waals surface area contributed by atoms with E-state index in [0.29, 0.717) is 31.9 Å². The van der Waals surface area contributed by atoms with Gasteiger partial charge in [-0.2, -0.15) is 0 Å². The number of allylic oxidation sites excluding steroid dienone is 2. The lowest BCUT2D eigenvalue weighted by molar-refractivity contribution is -0.185. The Bertz CT molecular complexity index is 924. The first-order chi connectivity index (χ1) is 15.4. The van der Waals surface area contributed by atoms with Gasteiger partial charge in [-0.1, -0.05) is 0 Å². The first kappa shape index (κ1) is 21.4. The van der Waals surface area contributed by atoms with Crippen LogP contribution in [0.25, 0.3) is 0 Å². The van der Waals surface area contributed by atoms with Gasteiger partial charge in [0.1, 0.15) is 6.61 Å². The summed E-state index contributed by atoms with van der Waals surface area (Å²) in [5.41, 5.74) is 4.98. The molecule has 3 fully saturated rings. The number of methoxy groups -OCH3 is 1. The second-order valence-corrected chi connectivity index (χ2v) is 8.54. The predicted octanol–water partition coefficient (Wildman–Crippen LogP) is -0.440. The quantitative estimate of drug-likeness (QED) is 0.387. The minimum atomic E-state index is -1.00. The van der Waals surface area contributed by atoms with Gasteiger partial charge in [0.2, 0.25) is 11.6 Å². The van der Waals surface area contributed by atoms with Crippen molar-refractivity contribution in [1.29, 1.82) is 0 Å². The molecule has 11 heteroatoms. The van der Waals surface area contributed by atoms with Crippen molar-refractivity contribution in [3.05, 3.63) is 22.6 Å². The Morgan fingerprint density at radius 2 is 2.03 bits per heavy atom. The zero-order valence-electron chi connectivity index (χ0n) is 18.0. The van der Waals surface area contributed by atoms with Crippen molar-refractivity contribution in [3.8, 4) is 0 Å². The molecule has 5 aliphatic rings. The highest BCUT2D eigenvalue weighted by atomic mass is 16.7. The molecule has 4 atom stereocenters. The summed E-state index contributed by atoms with van der Waals surface area (Å²) >= 11 is 0. The third-order valence-electron chi connectivity index (χ3n) is 6.87. The molecule has 11 nitrogen and oxygen atoms in total. The van der Waals surface area contributed by atoms with E-state index in [1.807, 2.05) is 4.90 Å². The molecule has 32 heavy (non-hydrogen) atoms. The molecule has 4 heterocycles. The van der Waals surface area contributed by atoms with Crippen LogP contribution in [0.3, 0.4) is 0 Å². The molecule has 0 saturated carbocycles. The largest absolute Gasteiger partial charge is 0.489 e. The van der Waals surface area contributed by atoms with Gasteiger partial charge in [-0.05, 0) is 13.3 Å². The Morgan fingerprint density at radius 1 is 1.28 bits per heavy atom. The van der Waals surface area contributed by atoms with Gasteiger partial charge in [-0.25, -0.2) is 4.79 Å². The number of amides is 1. The van der Waals surface area contributed by atoms with Gasteiger partial charge in [0.15, 0.2) is 17.8 Å².